The Bertz CT molecular complexity index is 1200. The summed E-state index contributed by atoms with van der Waals surface area (Å²) in [6.07, 6.45) is 3.61. The van der Waals surface area contributed by atoms with Crippen molar-refractivity contribution in [3.8, 4) is 10.4 Å². The molecule has 3 heterocycles. The van der Waals surface area contributed by atoms with E-state index >= 15 is 0 Å². The molecule has 0 aliphatic carbocycles. The SMILES string of the molecule is Cc1nccc(Nc2cc(-c3cc4ccccc4s3)c3[nH]ncc3c2)n1. The first kappa shape index (κ1) is 15.0. The van der Waals surface area contributed by atoms with Gasteiger partial charge in [-0.1, -0.05) is 18.2 Å². The first-order valence-corrected chi connectivity index (χ1v) is 9.11. The number of benzene rings is 2. The second-order valence-corrected chi connectivity index (χ2v) is 7.20. The van der Waals surface area contributed by atoms with E-state index in [2.05, 4.69) is 67.9 Å². The summed E-state index contributed by atoms with van der Waals surface area (Å²) in [6, 6.07) is 16.8. The highest BCUT2D eigenvalue weighted by atomic mass is 32.1. The number of aromatic nitrogens is 4. The molecule has 0 fully saturated rings. The minimum Gasteiger partial charge on any atom is -0.340 e. The van der Waals surface area contributed by atoms with Crippen molar-refractivity contribution in [3.63, 3.8) is 0 Å². The van der Waals surface area contributed by atoms with Gasteiger partial charge in [-0.3, -0.25) is 5.10 Å². The van der Waals surface area contributed by atoms with Gasteiger partial charge < -0.3 is 5.32 Å². The first-order chi connectivity index (χ1) is 12.8. The van der Waals surface area contributed by atoms with Gasteiger partial charge in [-0.05, 0) is 42.6 Å². The van der Waals surface area contributed by atoms with E-state index in [-0.39, 0.29) is 0 Å². The lowest BCUT2D eigenvalue weighted by atomic mass is 10.1. The highest BCUT2D eigenvalue weighted by Crippen LogP contribution is 2.38. The summed E-state index contributed by atoms with van der Waals surface area (Å²) in [5.41, 5.74) is 3.15. The van der Waals surface area contributed by atoms with E-state index in [1.165, 1.54) is 15.0 Å². The van der Waals surface area contributed by atoms with Crippen LogP contribution in [0.1, 0.15) is 5.82 Å². The second kappa shape index (κ2) is 5.93. The van der Waals surface area contributed by atoms with Gasteiger partial charge >= 0.3 is 0 Å². The number of anilines is 2. The van der Waals surface area contributed by atoms with Gasteiger partial charge in [0.2, 0.25) is 0 Å². The molecule has 0 unspecified atom stereocenters. The molecule has 0 spiro atoms. The van der Waals surface area contributed by atoms with Crippen molar-refractivity contribution in [3.05, 3.63) is 66.7 Å². The van der Waals surface area contributed by atoms with Crippen LogP contribution in [0.25, 0.3) is 31.4 Å². The molecule has 0 aliphatic rings. The largest absolute Gasteiger partial charge is 0.340 e. The summed E-state index contributed by atoms with van der Waals surface area (Å²) >= 11 is 1.78. The van der Waals surface area contributed by atoms with Crippen LogP contribution in [0, 0.1) is 6.92 Å². The van der Waals surface area contributed by atoms with Crippen molar-refractivity contribution in [2.45, 2.75) is 6.92 Å². The third kappa shape index (κ3) is 2.60. The molecule has 0 bridgehead atoms. The standard InChI is InChI=1S/C20H15N5S/c1-12-21-7-6-19(23-12)24-15-8-14-11-22-25-20(14)16(10-15)18-9-13-4-2-3-5-17(13)26-18/h2-11H,1H3,(H,22,25)(H,21,23,24). The molecule has 3 aromatic heterocycles. The highest BCUT2D eigenvalue weighted by Gasteiger charge is 2.12. The molecule has 126 valence electrons. The highest BCUT2D eigenvalue weighted by molar-refractivity contribution is 7.22. The molecule has 5 aromatic rings. The van der Waals surface area contributed by atoms with Crippen molar-refractivity contribution in [1.82, 2.24) is 20.2 Å². The maximum Gasteiger partial charge on any atom is 0.134 e. The van der Waals surface area contributed by atoms with Crippen LogP contribution in [0.15, 0.2) is 60.9 Å². The monoisotopic (exact) mass is 357 g/mol. The van der Waals surface area contributed by atoms with E-state index in [4.69, 9.17) is 0 Å². The Morgan fingerprint density at radius 2 is 1.96 bits per heavy atom. The Morgan fingerprint density at radius 3 is 2.85 bits per heavy atom. The molecular formula is C20H15N5S. The van der Waals surface area contributed by atoms with E-state index in [1.807, 2.05) is 19.2 Å². The van der Waals surface area contributed by atoms with Crippen LogP contribution >= 0.6 is 11.3 Å². The Balaban J connectivity index is 1.65. The Kier molecular flexibility index (Phi) is 3.43. The minimum absolute atomic E-state index is 0.740. The van der Waals surface area contributed by atoms with Crippen LogP contribution in [0.2, 0.25) is 0 Å². The zero-order valence-electron chi connectivity index (χ0n) is 14.0. The van der Waals surface area contributed by atoms with Crippen molar-refractivity contribution in [1.29, 1.82) is 0 Å². The van der Waals surface area contributed by atoms with E-state index in [0.717, 1.165) is 33.8 Å². The summed E-state index contributed by atoms with van der Waals surface area (Å²) in [4.78, 5) is 9.79. The first-order valence-electron chi connectivity index (χ1n) is 8.29. The maximum absolute atomic E-state index is 4.43. The number of hydrogen-bond acceptors (Lipinski definition) is 5. The Morgan fingerprint density at radius 1 is 1.04 bits per heavy atom. The van der Waals surface area contributed by atoms with E-state index < -0.39 is 0 Å². The molecule has 5 nitrogen and oxygen atoms in total. The number of H-pyrrole nitrogens is 1. The van der Waals surface area contributed by atoms with Gasteiger partial charge in [0, 0.05) is 32.4 Å². The molecule has 0 saturated carbocycles. The quantitative estimate of drug-likeness (QED) is 0.461. The van der Waals surface area contributed by atoms with Crippen molar-refractivity contribution in [2.24, 2.45) is 0 Å². The van der Waals surface area contributed by atoms with Gasteiger partial charge in [-0.2, -0.15) is 5.10 Å². The summed E-state index contributed by atoms with van der Waals surface area (Å²) < 4.78 is 1.28. The van der Waals surface area contributed by atoms with Crippen LogP contribution in [0.4, 0.5) is 11.5 Å². The van der Waals surface area contributed by atoms with Crippen LogP contribution < -0.4 is 5.32 Å². The van der Waals surface area contributed by atoms with E-state index in [0.29, 0.717) is 0 Å². The topological polar surface area (TPSA) is 66.5 Å². The predicted molar refractivity (Wildman–Crippen MR) is 107 cm³/mol. The van der Waals surface area contributed by atoms with Gasteiger partial charge in [0.25, 0.3) is 0 Å². The van der Waals surface area contributed by atoms with Gasteiger partial charge in [-0.15, -0.1) is 11.3 Å². The average Bonchev–Trinajstić information content (AvgIpc) is 3.27. The van der Waals surface area contributed by atoms with Gasteiger partial charge in [-0.25, -0.2) is 9.97 Å². The minimum atomic E-state index is 0.740. The fourth-order valence-corrected chi connectivity index (χ4v) is 4.20. The smallest absolute Gasteiger partial charge is 0.134 e. The Labute approximate surface area is 153 Å². The van der Waals surface area contributed by atoms with Crippen LogP contribution in [0.5, 0.6) is 0 Å². The molecular weight excluding hydrogens is 342 g/mol. The van der Waals surface area contributed by atoms with E-state index in [9.17, 15) is 0 Å². The zero-order chi connectivity index (χ0) is 17.5. The maximum atomic E-state index is 4.43. The molecule has 0 radical (unpaired) electrons. The normalized spacial score (nSPS) is 11.3. The van der Waals surface area contributed by atoms with Gasteiger partial charge in [0.15, 0.2) is 0 Å². The zero-order valence-corrected chi connectivity index (χ0v) is 14.8. The fourth-order valence-electron chi connectivity index (χ4n) is 3.11. The van der Waals surface area contributed by atoms with E-state index in [1.54, 1.807) is 17.5 Å². The summed E-state index contributed by atoms with van der Waals surface area (Å²) in [5, 5.41) is 13.1. The summed E-state index contributed by atoms with van der Waals surface area (Å²) in [5.74, 6) is 1.52. The Hall–Kier alpha value is -3.25. The molecule has 2 N–H and O–H groups in total. The fraction of sp³-hybridized carbons (Fsp3) is 0.0500. The number of nitrogens with zero attached hydrogens (tertiary/aromatic N) is 3. The predicted octanol–water partition coefficient (Wildman–Crippen LogP) is 5.29. The molecule has 0 aliphatic heterocycles. The van der Waals surface area contributed by atoms with Gasteiger partial charge in [0.05, 0.1) is 11.7 Å². The molecule has 6 heteroatoms. The third-order valence-corrected chi connectivity index (χ3v) is 5.44. The lowest BCUT2D eigenvalue weighted by Gasteiger charge is -2.09. The molecule has 5 rings (SSSR count). The summed E-state index contributed by atoms with van der Waals surface area (Å²) in [7, 11) is 0. The van der Waals surface area contributed by atoms with Crippen molar-refractivity contribution >= 4 is 43.8 Å². The number of thiophene rings is 1. The number of hydrogen-bond donors (Lipinski definition) is 2. The van der Waals surface area contributed by atoms with Gasteiger partial charge in [0.1, 0.15) is 11.6 Å². The van der Waals surface area contributed by atoms with Crippen LogP contribution in [0.3, 0.4) is 0 Å². The number of rotatable bonds is 3. The second-order valence-electron chi connectivity index (χ2n) is 6.12. The van der Waals surface area contributed by atoms with Crippen molar-refractivity contribution < 1.29 is 0 Å². The molecule has 0 atom stereocenters. The lowest BCUT2D eigenvalue weighted by Crippen LogP contribution is -1.96. The van der Waals surface area contributed by atoms with Crippen LogP contribution in [-0.4, -0.2) is 20.2 Å². The average molecular weight is 357 g/mol. The molecule has 0 amide bonds. The number of fused-ring (bicyclic) bond motifs is 2. The molecule has 2 aromatic carbocycles. The van der Waals surface area contributed by atoms with Crippen molar-refractivity contribution in [2.75, 3.05) is 5.32 Å². The number of nitrogens with one attached hydrogen (secondary N) is 2. The molecule has 26 heavy (non-hydrogen) atoms. The third-order valence-electron chi connectivity index (χ3n) is 4.29. The number of aryl methyl sites for hydroxylation is 1. The summed E-state index contributed by atoms with van der Waals surface area (Å²) in [6.45, 7) is 1.88. The van der Waals surface area contributed by atoms with Crippen LogP contribution in [-0.2, 0) is 0 Å². The molecule has 0 saturated heterocycles. The number of aromatic amines is 1. The lowest BCUT2D eigenvalue weighted by molar-refractivity contribution is 1.06.